The van der Waals surface area contributed by atoms with Gasteiger partial charge in [0, 0.05) is 10.6 Å². The molecule has 1 N–H and O–H groups in total. The zero-order valence-corrected chi connectivity index (χ0v) is 11.5. The highest BCUT2D eigenvalue weighted by Crippen LogP contribution is 2.38. The van der Waals surface area contributed by atoms with E-state index in [-0.39, 0.29) is 6.04 Å². The van der Waals surface area contributed by atoms with E-state index in [1.165, 1.54) is 5.56 Å². The van der Waals surface area contributed by atoms with Crippen molar-refractivity contribution in [1.82, 2.24) is 10.4 Å². The van der Waals surface area contributed by atoms with Crippen LogP contribution in [0.15, 0.2) is 54.6 Å². The molecule has 0 saturated carbocycles. The first kappa shape index (κ1) is 11.8. The number of nitrogens with one attached hydrogen (secondary N) is 1. The van der Waals surface area contributed by atoms with Crippen LogP contribution in [0.2, 0.25) is 5.02 Å². The Hall–Kier alpha value is -1.97. The molecule has 0 fully saturated rings. The topological polar surface area (TPSA) is 24.5 Å². The van der Waals surface area contributed by atoms with E-state index in [0.717, 1.165) is 22.0 Å². The molecule has 4 heteroatoms. The van der Waals surface area contributed by atoms with E-state index in [1.54, 1.807) is 0 Å². The Balaban J connectivity index is 1.72. The lowest BCUT2D eigenvalue weighted by atomic mass is 10.0. The summed E-state index contributed by atoms with van der Waals surface area (Å²) in [4.78, 5) is 0. The summed E-state index contributed by atoms with van der Waals surface area (Å²) in [6.07, 6.45) is 2.23. The fraction of sp³-hybridized carbons (Fsp3) is 0.125. The zero-order chi connectivity index (χ0) is 13.5. The maximum Gasteiger partial charge on any atom is 0.159 e. The van der Waals surface area contributed by atoms with Crippen molar-refractivity contribution in [3.8, 4) is 5.75 Å². The Bertz CT molecular complexity index is 681. The Labute approximate surface area is 122 Å². The van der Waals surface area contributed by atoms with E-state index in [1.807, 2.05) is 42.5 Å². The molecule has 4 rings (SSSR count). The van der Waals surface area contributed by atoms with Crippen LogP contribution < -0.4 is 10.2 Å². The predicted molar refractivity (Wildman–Crippen MR) is 79.1 cm³/mol. The monoisotopic (exact) mass is 284 g/mol. The average Bonchev–Trinajstić information content (AvgIpc) is 2.92. The van der Waals surface area contributed by atoms with Gasteiger partial charge < -0.3 is 10.2 Å². The molecule has 0 amide bonds. The van der Waals surface area contributed by atoms with E-state index < -0.39 is 0 Å². The number of ether oxygens (including phenoxy) is 1. The third-order valence-electron chi connectivity index (χ3n) is 3.68. The third-order valence-corrected chi connectivity index (χ3v) is 3.93. The van der Waals surface area contributed by atoms with Crippen LogP contribution in [0.1, 0.15) is 17.2 Å². The van der Waals surface area contributed by atoms with Crippen molar-refractivity contribution in [2.75, 3.05) is 6.73 Å². The van der Waals surface area contributed by atoms with Crippen LogP contribution in [0, 0.1) is 0 Å². The molecule has 0 spiro atoms. The maximum atomic E-state index is 5.94. The average molecular weight is 285 g/mol. The third kappa shape index (κ3) is 1.87. The van der Waals surface area contributed by atoms with E-state index in [2.05, 4.69) is 22.6 Å². The van der Waals surface area contributed by atoms with Gasteiger partial charge in [-0.05, 0) is 29.8 Å². The van der Waals surface area contributed by atoms with Crippen molar-refractivity contribution in [3.05, 3.63) is 70.8 Å². The second-order valence-electron chi connectivity index (χ2n) is 4.92. The number of hydrogen-bond acceptors (Lipinski definition) is 3. The largest absolute Gasteiger partial charge is 0.476 e. The van der Waals surface area contributed by atoms with E-state index in [9.17, 15) is 0 Å². The zero-order valence-electron chi connectivity index (χ0n) is 10.7. The first-order valence-corrected chi connectivity index (χ1v) is 6.92. The summed E-state index contributed by atoms with van der Waals surface area (Å²) < 4.78 is 5.75. The van der Waals surface area contributed by atoms with Crippen LogP contribution in [-0.2, 0) is 0 Å². The molecule has 0 bridgehead atoms. The summed E-state index contributed by atoms with van der Waals surface area (Å²) in [6.45, 7) is 0.537. The highest BCUT2D eigenvalue weighted by Gasteiger charge is 2.32. The Morgan fingerprint density at radius 1 is 1.10 bits per heavy atom. The summed E-state index contributed by atoms with van der Waals surface area (Å²) in [5, 5.41) is 2.84. The number of fused-ring (bicyclic) bond motifs is 3. The Morgan fingerprint density at radius 3 is 2.75 bits per heavy atom. The SMILES string of the molecule is Clc1ccc(C2=CC3c4ccccc4OCN3N2)cc1. The lowest BCUT2D eigenvalue weighted by Gasteiger charge is -2.31. The van der Waals surface area contributed by atoms with Crippen molar-refractivity contribution >= 4 is 17.3 Å². The summed E-state index contributed by atoms with van der Waals surface area (Å²) in [6, 6.07) is 16.2. The van der Waals surface area contributed by atoms with Crippen LogP contribution in [0.4, 0.5) is 0 Å². The standard InChI is InChI=1S/C16H13ClN2O/c17-12-7-5-11(6-8-12)14-9-15-13-3-1-2-4-16(13)20-10-19(15)18-14/h1-9,15,18H,10H2. The van der Waals surface area contributed by atoms with Gasteiger partial charge in [-0.3, -0.25) is 0 Å². The van der Waals surface area contributed by atoms with Gasteiger partial charge in [0.15, 0.2) is 6.73 Å². The molecule has 1 unspecified atom stereocenters. The molecular weight excluding hydrogens is 272 g/mol. The fourth-order valence-corrected chi connectivity index (χ4v) is 2.79. The van der Waals surface area contributed by atoms with Gasteiger partial charge in [0.05, 0.1) is 11.7 Å². The van der Waals surface area contributed by atoms with Crippen LogP contribution in [-0.4, -0.2) is 11.7 Å². The molecule has 2 aliphatic rings. The second kappa shape index (κ2) is 4.54. The molecule has 0 aromatic heterocycles. The normalized spacial score (nSPS) is 20.4. The highest BCUT2D eigenvalue weighted by molar-refractivity contribution is 6.30. The predicted octanol–water partition coefficient (Wildman–Crippen LogP) is 3.59. The number of para-hydroxylation sites is 1. The van der Waals surface area contributed by atoms with Crippen molar-refractivity contribution in [2.24, 2.45) is 0 Å². The minimum atomic E-state index is 0.214. The molecule has 2 aliphatic heterocycles. The van der Waals surface area contributed by atoms with Gasteiger partial charge in [-0.2, -0.15) is 5.01 Å². The van der Waals surface area contributed by atoms with Crippen molar-refractivity contribution in [2.45, 2.75) is 6.04 Å². The molecule has 0 saturated heterocycles. The lowest BCUT2D eigenvalue weighted by molar-refractivity contribution is 0.0595. The van der Waals surface area contributed by atoms with Crippen LogP contribution in [0.5, 0.6) is 5.75 Å². The number of hydrazine groups is 1. The van der Waals surface area contributed by atoms with E-state index in [0.29, 0.717) is 6.73 Å². The maximum absolute atomic E-state index is 5.94. The van der Waals surface area contributed by atoms with Gasteiger partial charge in [-0.25, -0.2) is 0 Å². The van der Waals surface area contributed by atoms with Gasteiger partial charge in [0.25, 0.3) is 0 Å². The van der Waals surface area contributed by atoms with Gasteiger partial charge >= 0.3 is 0 Å². The number of benzene rings is 2. The van der Waals surface area contributed by atoms with Crippen LogP contribution >= 0.6 is 11.6 Å². The minimum Gasteiger partial charge on any atom is -0.476 e. The van der Waals surface area contributed by atoms with Crippen molar-refractivity contribution in [1.29, 1.82) is 0 Å². The molecule has 3 nitrogen and oxygen atoms in total. The first-order chi connectivity index (χ1) is 9.81. The van der Waals surface area contributed by atoms with E-state index >= 15 is 0 Å². The van der Waals surface area contributed by atoms with Crippen LogP contribution in [0.3, 0.4) is 0 Å². The fourth-order valence-electron chi connectivity index (χ4n) is 2.67. The molecule has 2 aromatic carbocycles. The summed E-state index contributed by atoms with van der Waals surface area (Å²) in [5.41, 5.74) is 6.80. The smallest absolute Gasteiger partial charge is 0.159 e. The van der Waals surface area contributed by atoms with Gasteiger partial charge in [0.2, 0.25) is 0 Å². The second-order valence-corrected chi connectivity index (χ2v) is 5.36. The summed E-state index contributed by atoms with van der Waals surface area (Å²) in [5.74, 6) is 0.962. The molecule has 0 aliphatic carbocycles. The number of rotatable bonds is 1. The van der Waals surface area contributed by atoms with Gasteiger partial charge in [-0.15, -0.1) is 0 Å². The lowest BCUT2D eigenvalue weighted by Crippen LogP contribution is -2.40. The molecule has 2 heterocycles. The highest BCUT2D eigenvalue weighted by atomic mass is 35.5. The van der Waals surface area contributed by atoms with E-state index in [4.69, 9.17) is 16.3 Å². The Kier molecular flexibility index (Phi) is 2.69. The summed E-state index contributed by atoms with van der Waals surface area (Å²) >= 11 is 5.94. The molecule has 0 radical (unpaired) electrons. The molecule has 1 atom stereocenters. The van der Waals surface area contributed by atoms with Gasteiger partial charge in [0.1, 0.15) is 5.75 Å². The first-order valence-electron chi connectivity index (χ1n) is 6.54. The molecule has 2 aromatic rings. The van der Waals surface area contributed by atoms with Crippen LogP contribution in [0.25, 0.3) is 5.70 Å². The number of hydrogen-bond donors (Lipinski definition) is 1. The molecule has 100 valence electrons. The molecule has 20 heavy (non-hydrogen) atoms. The Morgan fingerprint density at radius 2 is 1.90 bits per heavy atom. The minimum absolute atomic E-state index is 0.214. The van der Waals surface area contributed by atoms with Gasteiger partial charge in [-0.1, -0.05) is 41.9 Å². The molecular formula is C16H13ClN2O. The number of halogens is 1. The van der Waals surface area contributed by atoms with Crippen molar-refractivity contribution in [3.63, 3.8) is 0 Å². The quantitative estimate of drug-likeness (QED) is 0.866. The number of nitrogens with zero attached hydrogens (tertiary/aromatic N) is 1. The summed E-state index contributed by atoms with van der Waals surface area (Å²) in [7, 11) is 0. The van der Waals surface area contributed by atoms with Crippen molar-refractivity contribution < 1.29 is 4.74 Å².